The second-order valence-corrected chi connectivity index (χ2v) is 7.66. The number of benzene rings is 1. The Morgan fingerprint density at radius 2 is 1.79 bits per heavy atom. The normalized spacial score (nSPS) is 29.3. The van der Waals surface area contributed by atoms with E-state index in [1.807, 2.05) is 23.1 Å². The smallest absolute Gasteiger partial charge is 0.0662 e. The van der Waals surface area contributed by atoms with Gasteiger partial charge in [-0.05, 0) is 61.8 Å². The lowest BCUT2D eigenvalue weighted by molar-refractivity contribution is 0.158. The predicted octanol–water partition coefficient (Wildman–Crippen LogP) is 2.91. The zero-order chi connectivity index (χ0) is 16.5. The summed E-state index contributed by atoms with van der Waals surface area (Å²) in [6, 6.07) is 11.3. The molecule has 2 unspecified atom stereocenters. The van der Waals surface area contributed by atoms with E-state index in [0.29, 0.717) is 6.04 Å². The molecule has 1 heterocycles. The van der Waals surface area contributed by atoms with Crippen LogP contribution < -0.4 is 0 Å². The van der Waals surface area contributed by atoms with Crippen molar-refractivity contribution in [3.8, 4) is 0 Å². The summed E-state index contributed by atoms with van der Waals surface area (Å²) in [5, 5.41) is 14.2. The van der Waals surface area contributed by atoms with Crippen LogP contribution in [0.4, 0.5) is 0 Å². The molecule has 0 bridgehead atoms. The fraction of sp³-hybridized carbons (Fsp3) is 0.550. The fourth-order valence-electron chi connectivity index (χ4n) is 4.74. The van der Waals surface area contributed by atoms with Crippen molar-refractivity contribution in [2.45, 2.75) is 50.9 Å². The molecule has 4 nitrogen and oxygen atoms in total. The van der Waals surface area contributed by atoms with Gasteiger partial charge in [-0.2, -0.15) is 5.10 Å². The van der Waals surface area contributed by atoms with Crippen LogP contribution in [0.25, 0.3) is 0 Å². The van der Waals surface area contributed by atoms with Crippen molar-refractivity contribution in [1.82, 2.24) is 14.7 Å². The average molecular weight is 325 g/mol. The molecule has 128 valence electrons. The van der Waals surface area contributed by atoms with Crippen LogP contribution in [0.1, 0.15) is 36.8 Å². The van der Waals surface area contributed by atoms with Gasteiger partial charge in [-0.1, -0.05) is 24.3 Å². The third-order valence-electron chi connectivity index (χ3n) is 6.02. The highest BCUT2D eigenvalue weighted by Crippen LogP contribution is 2.45. The second-order valence-electron chi connectivity index (χ2n) is 7.66. The standard InChI is InChI=1S/C20H27N3O/c1-22(19-9-17-11-20(24)12-18(17)10-19)13-15-5-2-3-6-16(15)14-23-8-4-7-21-23/h2-8,17-20,24H,9-14H2,1H3/t17-,18+,19?,20?. The Kier molecular flexibility index (Phi) is 4.42. The molecular formula is C20H27N3O. The number of aromatic nitrogens is 2. The molecule has 2 fully saturated rings. The molecule has 24 heavy (non-hydrogen) atoms. The SMILES string of the molecule is CN(Cc1ccccc1Cn1cccn1)C1C[C@H]2CC(O)C[C@H]2C1. The lowest BCUT2D eigenvalue weighted by Gasteiger charge is -2.26. The minimum absolute atomic E-state index is 0.0407. The van der Waals surface area contributed by atoms with Gasteiger partial charge < -0.3 is 5.11 Å². The van der Waals surface area contributed by atoms with Crippen LogP contribution in [-0.2, 0) is 13.1 Å². The van der Waals surface area contributed by atoms with Gasteiger partial charge in [-0.25, -0.2) is 0 Å². The largest absolute Gasteiger partial charge is 0.393 e. The van der Waals surface area contributed by atoms with E-state index in [9.17, 15) is 5.11 Å². The minimum Gasteiger partial charge on any atom is -0.393 e. The Bertz CT molecular complexity index is 655. The van der Waals surface area contributed by atoms with Crippen LogP contribution in [0.3, 0.4) is 0 Å². The van der Waals surface area contributed by atoms with E-state index in [1.54, 1.807) is 0 Å². The summed E-state index contributed by atoms with van der Waals surface area (Å²) in [6.45, 7) is 1.82. The van der Waals surface area contributed by atoms with Crippen LogP contribution in [0.5, 0.6) is 0 Å². The van der Waals surface area contributed by atoms with Crippen molar-refractivity contribution in [2.75, 3.05) is 7.05 Å². The van der Waals surface area contributed by atoms with Crippen molar-refractivity contribution in [1.29, 1.82) is 0 Å². The van der Waals surface area contributed by atoms with Gasteiger partial charge in [0.1, 0.15) is 0 Å². The minimum atomic E-state index is -0.0407. The van der Waals surface area contributed by atoms with Crippen LogP contribution in [0, 0.1) is 11.8 Å². The number of aliphatic hydroxyl groups excluding tert-OH is 1. The molecule has 4 atom stereocenters. The molecule has 0 aliphatic heterocycles. The zero-order valence-corrected chi connectivity index (χ0v) is 14.4. The van der Waals surface area contributed by atoms with E-state index in [1.165, 1.54) is 24.0 Å². The third kappa shape index (κ3) is 3.26. The van der Waals surface area contributed by atoms with E-state index in [-0.39, 0.29) is 6.10 Å². The maximum absolute atomic E-state index is 9.83. The highest BCUT2D eigenvalue weighted by Gasteiger charge is 2.42. The first kappa shape index (κ1) is 15.9. The number of fused-ring (bicyclic) bond motifs is 1. The lowest BCUT2D eigenvalue weighted by atomic mass is 10.0. The summed E-state index contributed by atoms with van der Waals surface area (Å²) in [4.78, 5) is 2.52. The predicted molar refractivity (Wildman–Crippen MR) is 94.5 cm³/mol. The molecule has 2 aliphatic rings. The molecule has 1 aromatic heterocycles. The molecule has 2 saturated carbocycles. The van der Waals surface area contributed by atoms with Gasteiger partial charge in [0.15, 0.2) is 0 Å². The van der Waals surface area contributed by atoms with Gasteiger partial charge in [0, 0.05) is 25.0 Å². The zero-order valence-electron chi connectivity index (χ0n) is 14.4. The topological polar surface area (TPSA) is 41.3 Å². The van der Waals surface area contributed by atoms with Crippen LogP contribution >= 0.6 is 0 Å². The first-order valence-electron chi connectivity index (χ1n) is 9.11. The van der Waals surface area contributed by atoms with E-state index in [4.69, 9.17) is 0 Å². The summed E-state index contributed by atoms with van der Waals surface area (Å²) in [7, 11) is 2.26. The Balaban J connectivity index is 1.42. The molecule has 0 saturated heterocycles. The highest BCUT2D eigenvalue weighted by atomic mass is 16.3. The van der Waals surface area contributed by atoms with Gasteiger partial charge >= 0.3 is 0 Å². The van der Waals surface area contributed by atoms with Crippen molar-refractivity contribution >= 4 is 0 Å². The van der Waals surface area contributed by atoms with Gasteiger partial charge in [-0.15, -0.1) is 0 Å². The summed E-state index contributed by atoms with van der Waals surface area (Å²) in [5.74, 6) is 1.48. The molecular weight excluding hydrogens is 298 g/mol. The second kappa shape index (κ2) is 6.69. The number of hydrogen-bond acceptors (Lipinski definition) is 3. The third-order valence-corrected chi connectivity index (χ3v) is 6.02. The first-order valence-corrected chi connectivity index (χ1v) is 9.11. The number of rotatable bonds is 5. The number of hydrogen-bond donors (Lipinski definition) is 1. The number of nitrogens with zero attached hydrogens (tertiary/aromatic N) is 3. The molecule has 0 spiro atoms. The molecule has 2 aliphatic carbocycles. The molecule has 4 heteroatoms. The van der Waals surface area contributed by atoms with Gasteiger partial charge in [-0.3, -0.25) is 9.58 Å². The van der Waals surface area contributed by atoms with E-state index in [0.717, 1.165) is 37.8 Å². The maximum Gasteiger partial charge on any atom is 0.0662 e. The Labute approximate surface area is 144 Å². The maximum atomic E-state index is 9.83. The number of aliphatic hydroxyl groups is 1. The molecule has 2 aromatic rings. The van der Waals surface area contributed by atoms with Crippen LogP contribution in [-0.4, -0.2) is 39.0 Å². The van der Waals surface area contributed by atoms with Crippen LogP contribution in [0.2, 0.25) is 0 Å². The molecule has 0 amide bonds. The molecule has 4 rings (SSSR count). The summed E-state index contributed by atoms with van der Waals surface area (Å²) in [6.07, 6.45) is 8.35. The van der Waals surface area contributed by atoms with E-state index >= 15 is 0 Å². The Morgan fingerprint density at radius 3 is 2.46 bits per heavy atom. The van der Waals surface area contributed by atoms with Crippen molar-refractivity contribution in [2.24, 2.45) is 11.8 Å². The van der Waals surface area contributed by atoms with E-state index < -0.39 is 0 Å². The monoisotopic (exact) mass is 325 g/mol. The highest BCUT2D eigenvalue weighted by molar-refractivity contribution is 5.27. The Morgan fingerprint density at radius 1 is 1.08 bits per heavy atom. The molecule has 1 N–H and O–H groups in total. The van der Waals surface area contributed by atoms with Crippen molar-refractivity contribution in [3.05, 3.63) is 53.9 Å². The fourth-order valence-corrected chi connectivity index (χ4v) is 4.74. The van der Waals surface area contributed by atoms with Crippen LogP contribution in [0.15, 0.2) is 42.7 Å². The summed E-state index contributed by atoms with van der Waals surface area (Å²) in [5.41, 5.74) is 2.74. The van der Waals surface area contributed by atoms with Gasteiger partial charge in [0.05, 0.1) is 12.6 Å². The van der Waals surface area contributed by atoms with Crippen molar-refractivity contribution in [3.63, 3.8) is 0 Å². The summed E-state index contributed by atoms with van der Waals surface area (Å²) < 4.78 is 1.99. The quantitative estimate of drug-likeness (QED) is 0.919. The lowest BCUT2D eigenvalue weighted by Crippen LogP contribution is -2.30. The van der Waals surface area contributed by atoms with Gasteiger partial charge in [0.2, 0.25) is 0 Å². The van der Waals surface area contributed by atoms with Gasteiger partial charge in [0.25, 0.3) is 0 Å². The van der Waals surface area contributed by atoms with Crippen molar-refractivity contribution < 1.29 is 5.11 Å². The first-order chi connectivity index (χ1) is 11.7. The Hall–Kier alpha value is -1.65. The molecule has 1 aromatic carbocycles. The van der Waals surface area contributed by atoms with E-state index in [2.05, 4.69) is 41.3 Å². The summed E-state index contributed by atoms with van der Waals surface area (Å²) >= 11 is 0. The average Bonchev–Trinajstić information content (AvgIpc) is 3.25. The molecule has 0 radical (unpaired) electrons.